The molecule has 0 radical (unpaired) electrons. The highest BCUT2D eigenvalue weighted by Crippen LogP contribution is 1.93. The monoisotopic (exact) mass is 211 g/mol. The largest absolute Gasteiger partial charge is 0.617 e. The fourth-order valence-corrected chi connectivity index (χ4v) is 1.45. The minimum Gasteiger partial charge on any atom is -0.617 e. The maximum Gasteiger partial charge on any atom is 0.130 e. The molecule has 0 aromatic carbocycles. The Bertz CT molecular complexity index is 118. The van der Waals surface area contributed by atoms with Crippen molar-refractivity contribution in [1.82, 2.24) is 5.32 Å². The lowest BCUT2D eigenvalue weighted by molar-refractivity contribution is 0.596. The van der Waals surface area contributed by atoms with Crippen molar-refractivity contribution in [3.63, 3.8) is 0 Å². The van der Waals surface area contributed by atoms with E-state index >= 15 is 0 Å². The van der Waals surface area contributed by atoms with Gasteiger partial charge in [0.05, 0.1) is 6.26 Å². The first kappa shape index (κ1) is 11.6. The lowest BCUT2D eigenvalue weighted by atomic mass is 10.3. The second-order valence-corrected chi connectivity index (χ2v) is 4.93. The molecule has 11 heavy (non-hydrogen) atoms. The Balaban J connectivity index is 2.97. The summed E-state index contributed by atoms with van der Waals surface area (Å²) in [6.07, 6.45) is 3.70. The molecule has 0 aliphatic rings. The third-order valence-electron chi connectivity index (χ3n) is 1.13. The Hall–Kier alpha value is 0.550. The topological polar surface area (TPSA) is 35.1 Å². The Morgan fingerprint density at radius 3 is 2.73 bits per heavy atom. The Morgan fingerprint density at radius 1 is 1.64 bits per heavy atom. The number of thiocarbonyl (C=S) groups is 1. The van der Waals surface area contributed by atoms with Crippen LogP contribution in [0.5, 0.6) is 0 Å². The SMILES string of the molecule is C[S+]([O-])CCCCNC(=S)S. The van der Waals surface area contributed by atoms with Gasteiger partial charge in [-0.3, -0.25) is 0 Å². The Labute approximate surface area is 81.7 Å². The number of nitrogens with one attached hydrogen (secondary N) is 1. The predicted molar refractivity (Wildman–Crippen MR) is 57.8 cm³/mol. The fourth-order valence-electron chi connectivity index (χ4n) is 0.626. The average molecular weight is 211 g/mol. The summed E-state index contributed by atoms with van der Waals surface area (Å²) in [6, 6.07) is 0. The standard InChI is InChI=1S/C6H13NOS3/c1-11(8)5-3-2-4-7-6(9)10/h2-5H2,1H3,(H2,7,9,10). The highest BCUT2D eigenvalue weighted by Gasteiger charge is 1.95. The lowest BCUT2D eigenvalue weighted by Crippen LogP contribution is -2.18. The van der Waals surface area contributed by atoms with Crippen LogP contribution in [0.15, 0.2) is 0 Å². The van der Waals surface area contributed by atoms with Gasteiger partial charge in [-0.05, 0) is 12.8 Å². The molecule has 0 heterocycles. The van der Waals surface area contributed by atoms with Crippen molar-refractivity contribution < 1.29 is 4.55 Å². The maximum atomic E-state index is 10.6. The van der Waals surface area contributed by atoms with Crippen molar-refractivity contribution >= 4 is 40.3 Å². The van der Waals surface area contributed by atoms with Crippen molar-refractivity contribution in [2.24, 2.45) is 0 Å². The van der Waals surface area contributed by atoms with E-state index < -0.39 is 11.2 Å². The quantitative estimate of drug-likeness (QED) is 0.308. The molecular formula is C6H13NOS3. The number of thiol groups is 1. The van der Waals surface area contributed by atoms with Gasteiger partial charge in [-0.25, -0.2) is 0 Å². The first-order chi connectivity index (χ1) is 5.13. The highest BCUT2D eigenvalue weighted by molar-refractivity contribution is 8.11. The van der Waals surface area contributed by atoms with Crippen LogP contribution in [0, 0.1) is 0 Å². The molecule has 0 amide bonds. The summed E-state index contributed by atoms with van der Waals surface area (Å²) >= 11 is 7.93. The summed E-state index contributed by atoms with van der Waals surface area (Å²) in [5, 5.41) is 2.92. The van der Waals surface area contributed by atoms with Crippen molar-refractivity contribution in [1.29, 1.82) is 0 Å². The van der Waals surface area contributed by atoms with Crippen molar-refractivity contribution in [2.75, 3.05) is 18.6 Å². The van der Waals surface area contributed by atoms with Gasteiger partial charge in [0.2, 0.25) is 0 Å². The van der Waals surface area contributed by atoms with Crippen LogP contribution in [-0.4, -0.2) is 27.4 Å². The number of hydrogen-bond acceptors (Lipinski definition) is 2. The first-order valence-electron chi connectivity index (χ1n) is 3.39. The molecule has 1 atom stereocenters. The summed E-state index contributed by atoms with van der Waals surface area (Å²) in [5.74, 6) is 0.779. The van der Waals surface area contributed by atoms with Crippen LogP contribution in [0.1, 0.15) is 12.8 Å². The molecule has 0 aromatic heterocycles. The van der Waals surface area contributed by atoms with E-state index in [4.69, 9.17) is 0 Å². The summed E-state index contributed by atoms with van der Waals surface area (Å²) in [6.45, 7) is 0.833. The summed E-state index contributed by atoms with van der Waals surface area (Å²) in [5.41, 5.74) is 0. The van der Waals surface area contributed by atoms with Crippen LogP contribution in [0.4, 0.5) is 0 Å². The molecule has 0 bridgehead atoms. The predicted octanol–water partition coefficient (Wildman–Crippen LogP) is 0.949. The molecule has 66 valence electrons. The lowest BCUT2D eigenvalue weighted by Gasteiger charge is -2.04. The summed E-state index contributed by atoms with van der Waals surface area (Å²) in [7, 11) is 0. The summed E-state index contributed by atoms with van der Waals surface area (Å²) < 4.78 is 11.1. The van der Waals surface area contributed by atoms with Crippen LogP contribution < -0.4 is 5.32 Å². The van der Waals surface area contributed by atoms with Crippen LogP contribution in [0.2, 0.25) is 0 Å². The molecule has 0 saturated heterocycles. The average Bonchev–Trinajstić information content (AvgIpc) is 1.85. The zero-order valence-electron chi connectivity index (χ0n) is 6.50. The molecule has 0 aromatic rings. The summed E-state index contributed by atoms with van der Waals surface area (Å²) in [4.78, 5) is 0. The van der Waals surface area contributed by atoms with E-state index in [-0.39, 0.29) is 0 Å². The molecule has 5 heteroatoms. The minimum atomic E-state index is -0.659. The van der Waals surface area contributed by atoms with Crippen molar-refractivity contribution in [3.8, 4) is 0 Å². The first-order valence-corrected chi connectivity index (χ1v) is 5.98. The maximum absolute atomic E-state index is 10.6. The molecule has 0 aliphatic carbocycles. The zero-order valence-corrected chi connectivity index (χ0v) is 9.03. The minimum absolute atomic E-state index is 0.530. The van der Waals surface area contributed by atoms with Gasteiger partial charge in [-0.15, -0.1) is 12.6 Å². The number of rotatable bonds is 5. The molecule has 2 nitrogen and oxygen atoms in total. The Kier molecular flexibility index (Phi) is 7.57. The van der Waals surface area contributed by atoms with E-state index in [1.165, 1.54) is 0 Å². The number of hydrogen-bond donors (Lipinski definition) is 2. The normalized spacial score (nSPS) is 12.6. The van der Waals surface area contributed by atoms with Crippen LogP contribution in [-0.2, 0) is 11.2 Å². The third kappa shape index (κ3) is 10.6. The smallest absolute Gasteiger partial charge is 0.130 e. The van der Waals surface area contributed by atoms with Gasteiger partial charge in [-0.1, -0.05) is 23.4 Å². The molecule has 0 rings (SSSR count). The van der Waals surface area contributed by atoms with Crippen LogP contribution in [0.3, 0.4) is 0 Å². The Morgan fingerprint density at radius 2 is 2.27 bits per heavy atom. The van der Waals surface area contributed by atoms with Gasteiger partial charge in [0, 0.05) is 6.54 Å². The van der Waals surface area contributed by atoms with Gasteiger partial charge >= 0.3 is 0 Å². The highest BCUT2D eigenvalue weighted by atomic mass is 32.2. The van der Waals surface area contributed by atoms with E-state index in [2.05, 4.69) is 30.2 Å². The van der Waals surface area contributed by atoms with E-state index in [1.807, 2.05) is 0 Å². The molecule has 0 spiro atoms. The molecular weight excluding hydrogens is 198 g/mol. The molecule has 0 saturated carbocycles. The van der Waals surface area contributed by atoms with E-state index in [9.17, 15) is 4.55 Å². The van der Waals surface area contributed by atoms with Gasteiger partial charge in [0.25, 0.3) is 0 Å². The van der Waals surface area contributed by atoms with E-state index in [1.54, 1.807) is 6.26 Å². The van der Waals surface area contributed by atoms with Crippen LogP contribution in [0.25, 0.3) is 0 Å². The van der Waals surface area contributed by atoms with Gasteiger partial charge < -0.3 is 9.87 Å². The van der Waals surface area contributed by atoms with Crippen molar-refractivity contribution in [3.05, 3.63) is 0 Å². The van der Waals surface area contributed by atoms with Crippen molar-refractivity contribution in [2.45, 2.75) is 12.8 Å². The van der Waals surface area contributed by atoms with Gasteiger partial charge in [0.1, 0.15) is 10.1 Å². The van der Waals surface area contributed by atoms with E-state index in [0.29, 0.717) is 4.32 Å². The van der Waals surface area contributed by atoms with Gasteiger partial charge in [-0.2, -0.15) is 0 Å². The zero-order chi connectivity index (χ0) is 8.69. The van der Waals surface area contributed by atoms with Crippen LogP contribution >= 0.6 is 24.8 Å². The molecule has 0 fully saturated rings. The molecule has 1 N–H and O–H groups in total. The second-order valence-electron chi connectivity index (χ2n) is 2.22. The molecule has 0 aliphatic heterocycles. The van der Waals surface area contributed by atoms with E-state index in [0.717, 1.165) is 25.1 Å². The fraction of sp³-hybridized carbons (Fsp3) is 0.833. The third-order valence-corrected chi connectivity index (χ3v) is 2.30. The second kappa shape index (κ2) is 7.21. The molecule has 1 unspecified atom stereocenters. The van der Waals surface area contributed by atoms with Gasteiger partial charge in [0.15, 0.2) is 0 Å². The number of unbranched alkanes of at least 4 members (excludes halogenated alkanes) is 1.